The van der Waals surface area contributed by atoms with Gasteiger partial charge in [-0.2, -0.15) is 0 Å². The maximum absolute atomic E-state index is 13.6. The Hall–Kier alpha value is -2.25. The summed E-state index contributed by atoms with van der Waals surface area (Å²) in [4.78, 5) is 12.2. The Kier molecular flexibility index (Phi) is 6.35. The van der Waals surface area contributed by atoms with Crippen molar-refractivity contribution in [1.29, 1.82) is 0 Å². The van der Waals surface area contributed by atoms with Crippen LogP contribution in [-0.4, -0.2) is 16.1 Å². The molecular weight excluding hydrogens is 369 g/mol. The number of anilines is 1. The topological polar surface area (TPSA) is 54.9 Å². The van der Waals surface area contributed by atoms with Crippen molar-refractivity contribution in [2.45, 2.75) is 29.4 Å². The van der Waals surface area contributed by atoms with Crippen LogP contribution in [-0.2, 0) is 10.5 Å². The molecule has 0 radical (unpaired) electrons. The van der Waals surface area contributed by atoms with E-state index >= 15 is 0 Å². The summed E-state index contributed by atoms with van der Waals surface area (Å²) in [7, 11) is 0. The normalized spacial score (nSPS) is 11.9. The molecule has 134 valence electrons. The molecule has 0 aliphatic rings. The number of nitrogens with one attached hydrogen (secondary N) is 1. The van der Waals surface area contributed by atoms with Crippen LogP contribution in [0.5, 0.6) is 0 Å². The van der Waals surface area contributed by atoms with E-state index in [9.17, 15) is 9.18 Å². The maximum Gasteiger partial charge on any atom is 0.226 e. The zero-order valence-electron chi connectivity index (χ0n) is 14.2. The van der Waals surface area contributed by atoms with E-state index in [2.05, 4.69) is 15.5 Å². The first kappa shape index (κ1) is 18.5. The number of hydrogen-bond acceptors (Lipinski definition) is 5. The molecule has 0 aliphatic heterocycles. The number of benzene rings is 2. The van der Waals surface area contributed by atoms with Crippen molar-refractivity contribution in [2.24, 2.45) is 0 Å². The molecule has 3 aromatic rings. The lowest BCUT2D eigenvalue weighted by Gasteiger charge is -2.10. The van der Waals surface area contributed by atoms with Gasteiger partial charge < -0.3 is 5.32 Å². The highest BCUT2D eigenvalue weighted by Crippen LogP contribution is 2.29. The van der Waals surface area contributed by atoms with Crippen LogP contribution in [0.1, 0.15) is 30.4 Å². The number of hydrogen-bond donors (Lipinski definition) is 1. The average molecular weight is 388 g/mol. The minimum atomic E-state index is -0.229. The quantitative estimate of drug-likeness (QED) is 0.452. The van der Waals surface area contributed by atoms with Crippen LogP contribution >= 0.6 is 23.1 Å². The van der Waals surface area contributed by atoms with E-state index in [4.69, 9.17) is 0 Å². The molecule has 0 aliphatic carbocycles. The summed E-state index contributed by atoms with van der Waals surface area (Å²) in [5.41, 5.74) is 1.75. The molecule has 0 unspecified atom stereocenters. The lowest BCUT2D eigenvalue weighted by molar-refractivity contribution is -0.116. The van der Waals surface area contributed by atoms with Crippen molar-refractivity contribution in [1.82, 2.24) is 10.2 Å². The Labute approximate surface area is 159 Å². The predicted octanol–water partition coefficient (Wildman–Crippen LogP) is 5.10. The Morgan fingerprint density at radius 2 is 1.88 bits per heavy atom. The molecule has 0 fully saturated rings. The van der Waals surface area contributed by atoms with Gasteiger partial charge in [-0.1, -0.05) is 78.6 Å². The van der Waals surface area contributed by atoms with Gasteiger partial charge in [0.25, 0.3) is 0 Å². The highest BCUT2D eigenvalue weighted by molar-refractivity contribution is 8.00. The van der Waals surface area contributed by atoms with Gasteiger partial charge in [0, 0.05) is 12.2 Å². The van der Waals surface area contributed by atoms with Gasteiger partial charge in [-0.05, 0) is 23.1 Å². The summed E-state index contributed by atoms with van der Waals surface area (Å²) in [6.07, 6.45) is 0.376. The first-order valence-corrected chi connectivity index (χ1v) is 9.96. The highest BCUT2D eigenvalue weighted by Gasteiger charge is 2.14. The molecule has 2 aromatic carbocycles. The number of rotatable bonds is 7. The monoisotopic (exact) mass is 387 g/mol. The lowest BCUT2D eigenvalue weighted by atomic mass is 9.98. The third kappa shape index (κ3) is 5.12. The minimum absolute atomic E-state index is 0.0943. The van der Waals surface area contributed by atoms with E-state index < -0.39 is 0 Å². The molecular formula is C19H18FN3OS2. The van der Waals surface area contributed by atoms with Gasteiger partial charge >= 0.3 is 0 Å². The van der Waals surface area contributed by atoms with Gasteiger partial charge in [0.1, 0.15) is 5.82 Å². The number of amides is 1. The Balaban J connectivity index is 1.51. The molecule has 4 nitrogen and oxygen atoms in total. The molecule has 1 heterocycles. The predicted molar refractivity (Wildman–Crippen MR) is 104 cm³/mol. The molecule has 1 amide bonds. The number of thioether (sulfide) groups is 1. The molecule has 0 spiro atoms. The van der Waals surface area contributed by atoms with E-state index in [0.717, 1.165) is 5.56 Å². The van der Waals surface area contributed by atoms with Gasteiger partial charge in [0.05, 0.1) is 0 Å². The van der Waals surface area contributed by atoms with E-state index in [0.29, 0.717) is 27.2 Å². The zero-order valence-corrected chi connectivity index (χ0v) is 15.8. The number of carbonyl (C=O) groups is 1. The molecule has 1 atom stereocenters. The summed E-state index contributed by atoms with van der Waals surface area (Å²) in [6, 6.07) is 16.6. The number of carbonyl (C=O) groups excluding carboxylic acids is 1. The zero-order chi connectivity index (χ0) is 18.4. The first-order valence-electron chi connectivity index (χ1n) is 8.16. The van der Waals surface area contributed by atoms with E-state index in [1.165, 1.54) is 29.2 Å². The van der Waals surface area contributed by atoms with Crippen LogP contribution in [0.2, 0.25) is 0 Å². The van der Waals surface area contributed by atoms with Crippen molar-refractivity contribution in [3.8, 4) is 0 Å². The van der Waals surface area contributed by atoms with Gasteiger partial charge in [-0.3, -0.25) is 4.79 Å². The number of nitrogens with zero attached hydrogens (tertiary/aromatic N) is 2. The minimum Gasteiger partial charge on any atom is -0.300 e. The molecule has 26 heavy (non-hydrogen) atoms. The van der Waals surface area contributed by atoms with E-state index in [-0.39, 0.29) is 17.6 Å². The summed E-state index contributed by atoms with van der Waals surface area (Å²) in [5.74, 6) is 0.274. The molecule has 7 heteroatoms. The van der Waals surface area contributed by atoms with Crippen molar-refractivity contribution >= 4 is 34.1 Å². The van der Waals surface area contributed by atoms with E-state index in [1.807, 2.05) is 37.3 Å². The molecule has 1 N–H and O–H groups in total. The molecule has 0 bridgehead atoms. The summed E-state index contributed by atoms with van der Waals surface area (Å²) < 4.78 is 14.3. The second-order valence-electron chi connectivity index (χ2n) is 5.82. The largest absolute Gasteiger partial charge is 0.300 e. The van der Waals surface area contributed by atoms with Crippen LogP contribution in [0.3, 0.4) is 0 Å². The number of halogens is 1. The third-order valence-corrected chi connectivity index (χ3v) is 5.84. The molecule has 0 saturated carbocycles. The smallest absolute Gasteiger partial charge is 0.226 e. The maximum atomic E-state index is 13.6. The van der Waals surface area contributed by atoms with E-state index in [1.54, 1.807) is 18.2 Å². The van der Waals surface area contributed by atoms with Crippen LogP contribution in [0.4, 0.5) is 9.52 Å². The van der Waals surface area contributed by atoms with Gasteiger partial charge in [-0.15, -0.1) is 10.2 Å². The Morgan fingerprint density at radius 3 is 2.65 bits per heavy atom. The van der Waals surface area contributed by atoms with Crippen molar-refractivity contribution < 1.29 is 9.18 Å². The molecule has 0 saturated heterocycles. The summed E-state index contributed by atoms with van der Waals surface area (Å²) in [6.45, 7) is 2.02. The third-order valence-electron chi connectivity index (χ3n) is 3.82. The Morgan fingerprint density at radius 1 is 1.15 bits per heavy atom. The van der Waals surface area contributed by atoms with Gasteiger partial charge in [0.2, 0.25) is 11.0 Å². The highest BCUT2D eigenvalue weighted by atomic mass is 32.2. The Bertz CT molecular complexity index is 870. The van der Waals surface area contributed by atoms with Crippen molar-refractivity contribution in [2.75, 3.05) is 5.32 Å². The second kappa shape index (κ2) is 8.91. The lowest BCUT2D eigenvalue weighted by Crippen LogP contribution is -2.14. The van der Waals surface area contributed by atoms with Crippen LogP contribution in [0, 0.1) is 5.82 Å². The van der Waals surface area contributed by atoms with Gasteiger partial charge in [0.15, 0.2) is 4.34 Å². The number of aromatic nitrogens is 2. The SMILES string of the molecule is C[C@H](CC(=O)Nc1nnc(SCc2ccccc2F)s1)c1ccccc1. The molecule has 1 aromatic heterocycles. The van der Waals surface area contributed by atoms with Gasteiger partial charge in [-0.25, -0.2) is 4.39 Å². The fourth-order valence-electron chi connectivity index (χ4n) is 2.42. The van der Waals surface area contributed by atoms with Crippen LogP contribution in [0.25, 0.3) is 0 Å². The fraction of sp³-hybridized carbons (Fsp3) is 0.211. The first-order chi connectivity index (χ1) is 12.6. The summed E-state index contributed by atoms with van der Waals surface area (Å²) in [5, 5.41) is 11.3. The standard InChI is InChI=1S/C19H18FN3OS2/c1-13(14-7-3-2-4-8-14)11-17(24)21-18-22-23-19(26-18)25-12-15-9-5-6-10-16(15)20/h2-10,13H,11-12H2,1H3,(H,21,22,24)/t13-/m1/s1. The fourth-order valence-corrected chi connectivity index (χ4v) is 4.18. The van der Waals surface area contributed by atoms with Crippen molar-refractivity contribution in [3.63, 3.8) is 0 Å². The average Bonchev–Trinajstić information content (AvgIpc) is 3.09. The van der Waals surface area contributed by atoms with Crippen LogP contribution < -0.4 is 5.32 Å². The van der Waals surface area contributed by atoms with Crippen LogP contribution in [0.15, 0.2) is 58.9 Å². The summed E-state index contributed by atoms with van der Waals surface area (Å²) >= 11 is 2.70. The second-order valence-corrected chi connectivity index (χ2v) is 8.02. The molecule has 3 rings (SSSR count). The van der Waals surface area contributed by atoms with Crippen molar-refractivity contribution in [3.05, 3.63) is 71.5 Å².